The van der Waals surface area contributed by atoms with E-state index in [2.05, 4.69) is 15.9 Å². The SMILES string of the molecule is O=C(COC(=O)c1ccc(Sc2ccccc2)c([N+](=O)[O-])c1)c1ccc(Br)cc1. The maximum Gasteiger partial charge on any atom is 0.338 e. The van der Waals surface area contributed by atoms with E-state index in [4.69, 9.17) is 4.74 Å². The molecule has 0 bridgehead atoms. The van der Waals surface area contributed by atoms with Gasteiger partial charge in [0.25, 0.3) is 5.69 Å². The van der Waals surface area contributed by atoms with Crippen LogP contribution in [0.3, 0.4) is 0 Å². The topological polar surface area (TPSA) is 86.5 Å². The number of ketones is 1. The molecule has 29 heavy (non-hydrogen) atoms. The lowest BCUT2D eigenvalue weighted by Gasteiger charge is -2.07. The average Bonchev–Trinajstić information content (AvgIpc) is 2.73. The van der Waals surface area contributed by atoms with E-state index < -0.39 is 17.5 Å². The van der Waals surface area contributed by atoms with E-state index >= 15 is 0 Å². The Morgan fingerprint density at radius 1 is 0.966 bits per heavy atom. The van der Waals surface area contributed by atoms with Crippen molar-refractivity contribution >= 4 is 45.1 Å². The first-order valence-electron chi connectivity index (χ1n) is 8.41. The molecule has 0 amide bonds. The molecule has 6 nitrogen and oxygen atoms in total. The molecule has 0 aliphatic carbocycles. The highest BCUT2D eigenvalue weighted by molar-refractivity contribution is 9.10. The number of ether oxygens (including phenoxy) is 1. The third kappa shape index (κ3) is 5.52. The molecular formula is C21H14BrNO5S. The fourth-order valence-corrected chi connectivity index (χ4v) is 3.61. The molecule has 0 saturated heterocycles. The number of carbonyl (C=O) groups excluding carboxylic acids is 2. The van der Waals surface area contributed by atoms with Crippen molar-refractivity contribution in [2.24, 2.45) is 0 Å². The van der Waals surface area contributed by atoms with Gasteiger partial charge in [-0.05, 0) is 36.4 Å². The number of Topliss-reactive ketones (excluding diaryl/α,β-unsaturated/α-hetero) is 1. The maximum absolute atomic E-state index is 12.3. The van der Waals surface area contributed by atoms with Crippen molar-refractivity contribution in [3.05, 3.63) is 98.5 Å². The smallest absolute Gasteiger partial charge is 0.338 e. The molecule has 0 spiro atoms. The van der Waals surface area contributed by atoms with Crippen LogP contribution in [-0.2, 0) is 4.74 Å². The van der Waals surface area contributed by atoms with Crippen LogP contribution in [0.25, 0.3) is 0 Å². The molecule has 0 N–H and O–H groups in total. The van der Waals surface area contributed by atoms with Gasteiger partial charge in [0.05, 0.1) is 15.4 Å². The Labute approximate surface area is 179 Å². The summed E-state index contributed by atoms with van der Waals surface area (Å²) in [5, 5.41) is 11.4. The van der Waals surface area contributed by atoms with Crippen LogP contribution in [-0.4, -0.2) is 23.3 Å². The summed E-state index contributed by atoms with van der Waals surface area (Å²) in [7, 11) is 0. The number of nitro benzene ring substituents is 1. The Kier molecular flexibility index (Phi) is 6.79. The van der Waals surface area contributed by atoms with Crippen molar-refractivity contribution in [3.8, 4) is 0 Å². The van der Waals surface area contributed by atoms with Gasteiger partial charge in [-0.15, -0.1) is 0 Å². The summed E-state index contributed by atoms with van der Waals surface area (Å²) in [6.07, 6.45) is 0. The van der Waals surface area contributed by atoms with Crippen LogP contribution < -0.4 is 0 Å². The summed E-state index contributed by atoms with van der Waals surface area (Å²) in [6, 6.07) is 20.0. The Hall–Kier alpha value is -2.97. The normalized spacial score (nSPS) is 10.4. The molecule has 0 unspecified atom stereocenters. The number of carbonyl (C=O) groups is 2. The molecule has 0 heterocycles. The van der Waals surface area contributed by atoms with E-state index in [0.29, 0.717) is 10.5 Å². The summed E-state index contributed by atoms with van der Waals surface area (Å²) in [5.41, 5.74) is 0.215. The third-order valence-corrected chi connectivity index (χ3v) is 5.46. The summed E-state index contributed by atoms with van der Waals surface area (Å²) >= 11 is 4.51. The van der Waals surface area contributed by atoms with Gasteiger partial charge in [-0.25, -0.2) is 4.79 Å². The highest BCUT2D eigenvalue weighted by Crippen LogP contribution is 2.35. The average molecular weight is 472 g/mol. The minimum absolute atomic E-state index is 0.0118. The second-order valence-corrected chi connectivity index (χ2v) is 7.89. The predicted octanol–water partition coefficient (Wildman–Crippen LogP) is 5.55. The first kappa shape index (κ1) is 20.8. The first-order valence-corrected chi connectivity index (χ1v) is 10.0. The zero-order chi connectivity index (χ0) is 20.8. The number of halogens is 1. The molecule has 146 valence electrons. The second kappa shape index (κ2) is 9.49. The number of nitro groups is 1. The molecule has 0 radical (unpaired) electrons. The summed E-state index contributed by atoms with van der Waals surface area (Å²) in [5.74, 6) is -1.16. The number of hydrogen-bond donors (Lipinski definition) is 0. The standard InChI is InChI=1S/C21H14BrNO5S/c22-16-9-6-14(7-10-16)19(24)13-28-21(25)15-8-11-20(18(12-15)23(26)27)29-17-4-2-1-3-5-17/h1-12H,13H2. The van der Waals surface area contributed by atoms with E-state index in [1.54, 1.807) is 24.3 Å². The van der Waals surface area contributed by atoms with E-state index in [0.717, 1.165) is 15.4 Å². The maximum atomic E-state index is 12.3. The Bertz CT molecular complexity index is 1050. The Balaban J connectivity index is 1.71. The van der Waals surface area contributed by atoms with Gasteiger partial charge in [-0.2, -0.15) is 0 Å². The number of hydrogen-bond acceptors (Lipinski definition) is 6. The van der Waals surface area contributed by atoms with Crippen molar-refractivity contribution in [1.82, 2.24) is 0 Å². The van der Waals surface area contributed by atoms with E-state index in [1.165, 1.54) is 23.9 Å². The van der Waals surface area contributed by atoms with Crippen molar-refractivity contribution in [3.63, 3.8) is 0 Å². The Morgan fingerprint density at radius 2 is 1.62 bits per heavy atom. The van der Waals surface area contributed by atoms with Gasteiger partial charge >= 0.3 is 5.97 Å². The van der Waals surface area contributed by atoms with Crippen molar-refractivity contribution in [2.45, 2.75) is 9.79 Å². The zero-order valence-electron chi connectivity index (χ0n) is 14.9. The lowest BCUT2D eigenvalue weighted by Crippen LogP contribution is -2.14. The van der Waals surface area contributed by atoms with Gasteiger partial charge in [0.1, 0.15) is 0 Å². The quantitative estimate of drug-likeness (QED) is 0.194. The predicted molar refractivity (Wildman–Crippen MR) is 112 cm³/mol. The number of benzene rings is 3. The highest BCUT2D eigenvalue weighted by Gasteiger charge is 2.20. The molecule has 0 saturated carbocycles. The monoisotopic (exact) mass is 471 g/mol. The van der Waals surface area contributed by atoms with Gasteiger partial charge in [0.2, 0.25) is 0 Å². The molecule has 0 aliphatic heterocycles. The lowest BCUT2D eigenvalue weighted by molar-refractivity contribution is -0.387. The Morgan fingerprint density at radius 3 is 2.28 bits per heavy atom. The molecule has 3 aromatic rings. The fourth-order valence-electron chi connectivity index (χ4n) is 2.42. The number of rotatable bonds is 7. The number of esters is 1. The minimum atomic E-state index is -0.796. The van der Waals surface area contributed by atoms with Crippen LogP contribution in [0.4, 0.5) is 5.69 Å². The van der Waals surface area contributed by atoms with Crippen molar-refractivity contribution in [2.75, 3.05) is 6.61 Å². The zero-order valence-corrected chi connectivity index (χ0v) is 17.3. The van der Waals surface area contributed by atoms with E-state index in [-0.39, 0.29) is 17.0 Å². The molecule has 0 aliphatic rings. The lowest BCUT2D eigenvalue weighted by atomic mass is 10.1. The van der Waals surface area contributed by atoms with Crippen LogP contribution in [0.1, 0.15) is 20.7 Å². The fraction of sp³-hybridized carbons (Fsp3) is 0.0476. The summed E-state index contributed by atoms with van der Waals surface area (Å²) < 4.78 is 5.86. The summed E-state index contributed by atoms with van der Waals surface area (Å²) in [6.45, 7) is -0.450. The van der Waals surface area contributed by atoms with Crippen LogP contribution >= 0.6 is 27.7 Å². The van der Waals surface area contributed by atoms with E-state index in [9.17, 15) is 19.7 Å². The molecule has 3 rings (SSSR count). The molecule has 0 atom stereocenters. The molecule has 0 fully saturated rings. The van der Waals surface area contributed by atoms with Gasteiger partial charge in [0.15, 0.2) is 12.4 Å². The minimum Gasteiger partial charge on any atom is -0.454 e. The van der Waals surface area contributed by atoms with Gasteiger partial charge in [0, 0.05) is 21.0 Å². The van der Waals surface area contributed by atoms with Gasteiger partial charge in [-0.3, -0.25) is 14.9 Å². The van der Waals surface area contributed by atoms with Gasteiger partial charge in [-0.1, -0.05) is 58.0 Å². The molecule has 3 aromatic carbocycles. The molecular weight excluding hydrogens is 458 g/mol. The van der Waals surface area contributed by atoms with Crippen LogP contribution in [0.5, 0.6) is 0 Å². The molecule has 8 heteroatoms. The van der Waals surface area contributed by atoms with Crippen LogP contribution in [0, 0.1) is 10.1 Å². The van der Waals surface area contributed by atoms with E-state index in [1.807, 2.05) is 30.3 Å². The van der Waals surface area contributed by atoms with Crippen LogP contribution in [0.2, 0.25) is 0 Å². The first-order chi connectivity index (χ1) is 13.9. The molecule has 0 aromatic heterocycles. The van der Waals surface area contributed by atoms with Crippen LogP contribution in [0.15, 0.2) is 87.1 Å². The summed E-state index contributed by atoms with van der Waals surface area (Å²) in [4.78, 5) is 36.5. The van der Waals surface area contributed by atoms with Crippen molar-refractivity contribution in [1.29, 1.82) is 0 Å². The largest absolute Gasteiger partial charge is 0.454 e. The third-order valence-electron chi connectivity index (χ3n) is 3.86. The highest BCUT2D eigenvalue weighted by atomic mass is 79.9. The van der Waals surface area contributed by atoms with Crippen molar-refractivity contribution < 1.29 is 19.2 Å². The van der Waals surface area contributed by atoms with Gasteiger partial charge < -0.3 is 4.74 Å². The number of nitrogens with zero attached hydrogens (tertiary/aromatic N) is 1. The second-order valence-electron chi connectivity index (χ2n) is 5.86.